The number of allylic oxidation sites excluding steroid dienone is 3. The molecule has 5 rings (SSSR count). The van der Waals surface area contributed by atoms with Gasteiger partial charge in [-0.2, -0.15) is 0 Å². The normalized spacial score (nSPS) is 11.2. The van der Waals surface area contributed by atoms with Gasteiger partial charge in [0.15, 0.2) is 0 Å². The van der Waals surface area contributed by atoms with Gasteiger partial charge < -0.3 is 9.47 Å². The number of hydrogen-bond acceptors (Lipinski definition) is 1. The minimum Gasteiger partial charge on any atom is -0.337 e. The van der Waals surface area contributed by atoms with Crippen molar-refractivity contribution in [3.05, 3.63) is 151 Å². The van der Waals surface area contributed by atoms with Crippen molar-refractivity contribution in [3.63, 3.8) is 0 Å². The highest BCUT2D eigenvalue weighted by Crippen LogP contribution is 2.37. The van der Waals surface area contributed by atoms with Gasteiger partial charge >= 0.3 is 0 Å². The molecule has 200 valence electrons. The second-order valence-electron chi connectivity index (χ2n) is 10.1. The Labute approximate surface area is 239 Å². The van der Waals surface area contributed by atoms with E-state index < -0.39 is 0 Å². The monoisotopic (exact) mass is 522 g/mol. The van der Waals surface area contributed by atoms with E-state index in [2.05, 4.69) is 146 Å². The maximum absolute atomic E-state index is 4.11. The minimum atomic E-state index is 0.700. The molecule has 0 amide bonds. The van der Waals surface area contributed by atoms with Gasteiger partial charge in [-0.3, -0.25) is 0 Å². The first-order valence-electron chi connectivity index (χ1n) is 14.1. The molecule has 0 aliphatic heterocycles. The molecule has 0 unspecified atom stereocenters. The maximum Gasteiger partial charge on any atom is 0.0534 e. The number of fused-ring (bicyclic) bond motifs is 1. The van der Waals surface area contributed by atoms with Crippen molar-refractivity contribution in [1.29, 1.82) is 0 Å². The topological polar surface area (TPSA) is 8.17 Å². The van der Waals surface area contributed by atoms with Crippen LogP contribution < -0.4 is 4.90 Å². The van der Waals surface area contributed by atoms with Gasteiger partial charge in [-0.15, -0.1) is 13.2 Å². The highest BCUT2D eigenvalue weighted by molar-refractivity contribution is 5.88. The van der Waals surface area contributed by atoms with Crippen molar-refractivity contribution >= 4 is 22.3 Å². The molecule has 0 fully saturated rings. The van der Waals surface area contributed by atoms with Gasteiger partial charge in [0.25, 0.3) is 0 Å². The molecule has 40 heavy (non-hydrogen) atoms. The molecule has 0 N–H and O–H groups in total. The summed E-state index contributed by atoms with van der Waals surface area (Å²) < 4.78 is 2.44. The Balaban J connectivity index is 1.76. The van der Waals surface area contributed by atoms with Crippen LogP contribution >= 0.6 is 0 Å². The fourth-order valence-corrected chi connectivity index (χ4v) is 5.73. The van der Waals surface area contributed by atoms with E-state index in [0.717, 1.165) is 30.6 Å². The van der Waals surface area contributed by atoms with Gasteiger partial charge in [-0.1, -0.05) is 91.0 Å². The first kappa shape index (κ1) is 27.0. The van der Waals surface area contributed by atoms with E-state index in [1.165, 1.54) is 44.5 Å². The molecule has 2 nitrogen and oxygen atoms in total. The molecule has 1 aromatic heterocycles. The molecule has 0 radical (unpaired) electrons. The van der Waals surface area contributed by atoms with E-state index in [1.54, 1.807) is 0 Å². The molecule has 2 heteroatoms. The lowest BCUT2D eigenvalue weighted by molar-refractivity contribution is 0.957. The molecular weight excluding hydrogens is 484 g/mol. The van der Waals surface area contributed by atoms with E-state index in [4.69, 9.17) is 0 Å². The van der Waals surface area contributed by atoms with Crippen LogP contribution in [0.4, 0.5) is 11.4 Å². The number of para-hydroxylation sites is 2. The van der Waals surface area contributed by atoms with Crippen molar-refractivity contribution in [1.82, 2.24) is 4.57 Å². The molecule has 0 spiro atoms. The zero-order valence-electron chi connectivity index (χ0n) is 23.7. The van der Waals surface area contributed by atoms with Crippen molar-refractivity contribution in [3.8, 4) is 16.8 Å². The lowest BCUT2D eigenvalue weighted by atomic mass is 10.0. The molecule has 0 saturated heterocycles. The number of nitrogens with zero attached hydrogens (tertiary/aromatic N) is 2. The number of anilines is 2. The first-order valence-corrected chi connectivity index (χ1v) is 14.1. The largest absolute Gasteiger partial charge is 0.337 e. The standard InChI is InChI=1S/C38H38N2/c1-5-8-10-21-35-29(4)40(38-24-16-14-22-36(35)38)34-27-32(30-18-11-9-12-19-30)26-33(28-34)39(25-7-3)37-23-15-13-20-31(37)17-6-2/h5-9,11-16,18-20,22-24,26-28H,2-3,10,17,21,25H2,1,4H3/b8-5-. The molecular formula is C38H38N2. The van der Waals surface area contributed by atoms with Crippen molar-refractivity contribution in [2.75, 3.05) is 11.4 Å². The number of rotatable bonds is 11. The third kappa shape index (κ3) is 5.44. The van der Waals surface area contributed by atoms with E-state index in [-0.39, 0.29) is 0 Å². The predicted molar refractivity (Wildman–Crippen MR) is 174 cm³/mol. The highest BCUT2D eigenvalue weighted by Gasteiger charge is 2.18. The first-order chi connectivity index (χ1) is 19.7. The third-order valence-corrected chi connectivity index (χ3v) is 7.58. The molecule has 0 saturated carbocycles. The van der Waals surface area contributed by atoms with Crippen LogP contribution in [0.5, 0.6) is 0 Å². The van der Waals surface area contributed by atoms with E-state index in [1.807, 2.05) is 12.2 Å². The van der Waals surface area contributed by atoms with Crippen LogP contribution in [0.1, 0.15) is 30.2 Å². The predicted octanol–water partition coefficient (Wildman–Crippen LogP) is 10.2. The molecule has 0 atom stereocenters. The Morgan fingerprint density at radius 1 is 0.800 bits per heavy atom. The van der Waals surface area contributed by atoms with Gasteiger partial charge in [-0.25, -0.2) is 0 Å². The molecule has 0 aliphatic carbocycles. The van der Waals surface area contributed by atoms with Gasteiger partial charge in [-0.05, 0) is 85.7 Å². The summed E-state index contributed by atoms with van der Waals surface area (Å²) in [5.74, 6) is 0. The van der Waals surface area contributed by atoms with Crippen LogP contribution in [-0.4, -0.2) is 11.1 Å². The van der Waals surface area contributed by atoms with Gasteiger partial charge in [0.1, 0.15) is 0 Å². The summed E-state index contributed by atoms with van der Waals surface area (Å²) in [5, 5.41) is 1.33. The van der Waals surface area contributed by atoms with E-state index in [0.29, 0.717) is 6.54 Å². The number of aryl methyl sites for hydroxylation is 1. The van der Waals surface area contributed by atoms with Crippen LogP contribution in [0.2, 0.25) is 0 Å². The fraction of sp³-hybridized carbons (Fsp3) is 0.158. The minimum absolute atomic E-state index is 0.700. The molecule has 4 aromatic carbocycles. The maximum atomic E-state index is 4.11. The number of aromatic nitrogens is 1. The van der Waals surface area contributed by atoms with Crippen molar-refractivity contribution < 1.29 is 0 Å². The summed E-state index contributed by atoms with van der Waals surface area (Å²) in [4.78, 5) is 2.37. The lowest BCUT2D eigenvalue weighted by Crippen LogP contribution is -2.19. The van der Waals surface area contributed by atoms with E-state index >= 15 is 0 Å². The lowest BCUT2D eigenvalue weighted by Gasteiger charge is -2.27. The average molecular weight is 523 g/mol. The molecule has 0 bridgehead atoms. The second kappa shape index (κ2) is 12.5. The average Bonchev–Trinajstić information content (AvgIpc) is 3.28. The summed E-state index contributed by atoms with van der Waals surface area (Å²) in [6.07, 6.45) is 11.2. The van der Waals surface area contributed by atoms with E-state index in [9.17, 15) is 0 Å². The van der Waals surface area contributed by atoms with Crippen LogP contribution in [0.3, 0.4) is 0 Å². The number of hydrogen-bond donors (Lipinski definition) is 0. The van der Waals surface area contributed by atoms with Crippen LogP contribution in [0.15, 0.2) is 135 Å². The Kier molecular flexibility index (Phi) is 8.47. The summed E-state index contributed by atoms with van der Waals surface area (Å²) >= 11 is 0. The number of benzene rings is 4. The summed E-state index contributed by atoms with van der Waals surface area (Å²) in [6.45, 7) is 13.2. The van der Waals surface area contributed by atoms with Crippen LogP contribution in [0, 0.1) is 6.92 Å². The van der Waals surface area contributed by atoms with Crippen LogP contribution in [0.25, 0.3) is 27.7 Å². The third-order valence-electron chi connectivity index (χ3n) is 7.58. The van der Waals surface area contributed by atoms with Gasteiger partial charge in [0.2, 0.25) is 0 Å². The zero-order valence-corrected chi connectivity index (χ0v) is 23.7. The van der Waals surface area contributed by atoms with Gasteiger partial charge in [0.05, 0.1) is 5.52 Å². The molecule has 5 aromatic rings. The summed E-state index contributed by atoms with van der Waals surface area (Å²) in [5.41, 5.74) is 11.1. The Bertz CT molecular complexity index is 1650. The van der Waals surface area contributed by atoms with Crippen molar-refractivity contribution in [2.45, 2.75) is 33.1 Å². The smallest absolute Gasteiger partial charge is 0.0534 e. The SMILES string of the molecule is C=CCc1ccccc1N(CC=C)c1cc(-c2ccccc2)cc(-n2c(C)c(CC/C=C\C)c3ccccc32)c1. The highest BCUT2D eigenvalue weighted by atomic mass is 15.1. The Morgan fingerprint density at radius 3 is 2.33 bits per heavy atom. The van der Waals surface area contributed by atoms with Gasteiger partial charge in [0, 0.05) is 34.7 Å². The molecule has 1 heterocycles. The fourth-order valence-electron chi connectivity index (χ4n) is 5.73. The summed E-state index contributed by atoms with van der Waals surface area (Å²) in [7, 11) is 0. The van der Waals surface area contributed by atoms with Crippen LogP contribution in [-0.2, 0) is 12.8 Å². The van der Waals surface area contributed by atoms with Crippen molar-refractivity contribution in [2.24, 2.45) is 0 Å². The Hall–Kier alpha value is -4.56. The Morgan fingerprint density at radius 2 is 1.55 bits per heavy atom. The quantitative estimate of drug-likeness (QED) is 0.157. The zero-order chi connectivity index (χ0) is 27.9. The summed E-state index contributed by atoms with van der Waals surface area (Å²) in [6, 6.07) is 35.1. The molecule has 0 aliphatic rings. The second-order valence-corrected chi connectivity index (χ2v) is 10.1.